The molecule has 1 saturated heterocycles. The van der Waals surface area contributed by atoms with Crippen LogP contribution in [0.5, 0.6) is 0 Å². The normalized spacial score (nSPS) is 20.2. The van der Waals surface area contributed by atoms with E-state index >= 15 is 0 Å². The second-order valence-corrected chi connectivity index (χ2v) is 5.44. The van der Waals surface area contributed by atoms with Crippen LogP contribution >= 0.6 is 11.8 Å². The summed E-state index contributed by atoms with van der Waals surface area (Å²) in [7, 11) is 0. The monoisotopic (exact) mass is 275 g/mol. The SMILES string of the molecule is CC1SCCN1C(=O)c1ccccc1C(F)(F)F. The number of amides is 1. The van der Waals surface area contributed by atoms with Gasteiger partial charge in [0, 0.05) is 12.3 Å². The fourth-order valence-electron chi connectivity index (χ4n) is 1.93. The van der Waals surface area contributed by atoms with E-state index in [4.69, 9.17) is 0 Å². The molecule has 1 aromatic carbocycles. The van der Waals surface area contributed by atoms with Gasteiger partial charge in [0.15, 0.2) is 0 Å². The van der Waals surface area contributed by atoms with Crippen molar-refractivity contribution in [1.29, 1.82) is 0 Å². The fraction of sp³-hybridized carbons (Fsp3) is 0.417. The van der Waals surface area contributed by atoms with Crippen LogP contribution in [0.2, 0.25) is 0 Å². The summed E-state index contributed by atoms with van der Waals surface area (Å²) in [6, 6.07) is 4.93. The standard InChI is InChI=1S/C12H12F3NOS/c1-8-16(6-7-18-8)11(17)9-4-2-3-5-10(9)12(13,14)15/h2-5,8H,6-7H2,1H3. The first-order chi connectivity index (χ1) is 8.41. The molecule has 98 valence electrons. The van der Waals surface area contributed by atoms with Crippen molar-refractivity contribution in [3.8, 4) is 0 Å². The van der Waals surface area contributed by atoms with E-state index in [1.807, 2.05) is 6.92 Å². The number of benzene rings is 1. The maximum absolute atomic E-state index is 12.8. The van der Waals surface area contributed by atoms with Gasteiger partial charge in [-0.1, -0.05) is 12.1 Å². The molecular formula is C12H12F3NOS. The first-order valence-electron chi connectivity index (χ1n) is 5.50. The summed E-state index contributed by atoms with van der Waals surface area (Å²) in [6.45, 7) is 2.32. The second kappa shape index (κ2) is 4.84. The molecule has 0 bridgehead atoms. The average molecular weight is 275 g/mol. The van der Waals surface area contributed by atoms with Crippen LogP contribution < -0.4 is 0 Å². The Labute approximate surface area is 107 Å². The molecule has 18 heavy (non-hydrogen) atoms. The van der Waals surface area contributed by atoms with Gasteiger partial charge in [0.05, 0.1) is 16.5 Å². The lowest BCUT2D eigenvalue weighted by Crippen LogP contribution is -2.34. The number of alkyl halides is 3. The van der Waals surface area contributed by atoms with Crippen molar-refractivity contribution in [3.63, 3.8) is 0 Å². The topological polar surface area (TPSA) is 20.3 Å². The molecule has 0 aliphatic carbocycles. The predicted molar refractivity (Wildman–Crippen MR) is 64.4 cm³/mol. The van der Waals surface area contributed by atoms with Gasteiger partial charge < -0.3 is 4.90 Å². The van der Waals surface area contributed by atoms with Crippen LogP contribution in [0.4, 0.5) is 13.2 Å². The Balaban J connectivity index is 2.36. The number of hydrogen-bond donors (Lipinski definition) is 0. The molecule has 0 spiro atoms. The molecule has 0 saturated carbocycles. The zero-order chi connectivity index (χ0) is 13.3. The summed E-state index contributed by atoms with van der Waals surface area (Å²) in [5, 5.41) is -0.0706. The van der Waals surface area contributed by atoms with Crippen LogP contribution in [0, 0.1) is 0 Å². The number of thioether (sulfide) groups is 1. The summed E-state index contributed by atoms with van der Waals surface area (Å²) in [5.41, 5.74) is -1.13. The molecule has 0 radical (unpaired) electrons. The van der Waals surface area contributed by atoms with Gasteiger partial charge in [0.25, 0.3) is 5.91 Å². The van der Waals surface area contributed by atoms with E-state index in [0.717, 1.165) is 11.8 Å². The average Bonchev–Trinajstić information content (AvgIpc) is 2.73. The van der Waals surface area contributed by atoms with Crippen molar-refractivity contribution < 1.29 is 18.0 Å². The Morgan fingerprint density at radius 1 is 1.39 bits per heavy atom. The van der Waals surface area contributed by atoms with Gasteiger partial charge in [-0.05, 0) is 19.1 Å². The lowest BCUT2D eigenvalue weighted by atomic mass is 10.1. The van der Waals surface area contributed by atoms with E-state index in [9.17, 15) is 18.0 Å². The molecule has 1 aliphatic heterocycles. The first-order valence-corrected chi connectivity index (χ1v) is 6.55. The first kappa shape index (κ1) is 13.3. The number of rotatable bonds is 1. The maximum Gasteiger partial charge on any atom is 0.417 e. The molecule has 1 aliphatic rings. The largest absolute Gasteiger partial charge is 0.417 e. The summed E-state index contributed by atoms with van der Waals surface area (Å²) in [5.74, 6) is 0.224. The number of carbonyl (C=O) groups is 1. The molecule has 1 heterocycles. The summed E-state index contributed by atoms with van der Waals surface area (Å²) < 4.78 is 38.5. The molecule has 1 unspecified atom stereocenters. The van der Waals surface area contributed by atoms with E-state index in [2.05, 4.69) is 0 Å². The van der Waals surface area contributed by atoms with Gasteiger partial charge in [-0.25, -0.2) is 0 Å². The zero-order valence-corrected chi connectivity index (χ0v) is 10.5. The Hall–Kier alpha value is -1.17. The van der Waals surface area contributed by atoms with Gasteiger partial charge in [-0.2, -0.15) is 13.2 Å². The van der Waals surface area contributed by atoms with Gasteiger partial charge in [0.2, 0.25) is 0 Å². The van der Waals surface area contributed by atoms with Crippen molar-refractivity contribution in [2.45, 2.75) is 18.5 Å². The quantitative estimate of drug-likeness (QED) is 0.784. The molecule has 6 heteroatoms. The number of carbonyl (C=O) groups excluding carboxylic acids is 1. The van der Waals surface area contributed by atoms with Crippen LogP contribution in [0.25, 0.3) is 0 Å². The van der Waals surface area contributed by atoms with Crippen LogP contribution in [-0.2, 0) is 6.18 Å². The Morgan fingerprint density at radius 3 is 2.61 bits per heavy atom. The molecule has 1 atom stereocenters. The minimum atomic E-state index is -4.50. The molecule has 1 amide bonds. The third-order valence-electron chi connectivity index (χ3n) is 2.85. The number of halogens is 3. The lowest BCUT2D eigenvalue weighted by Gasteiger charge is -2.22. The number of hydrogen-bond acceptors (Lipinski definition) is 2. The molecule has 2 rings (SSSR count). The second-order valence-electron chi connectivity index (χ2n) is 4.01. The molecule has 0 N–H and O–H groups in total. The van der Waals surface area contributed by atoms with Crippen molar-refractivity contribution in [2.24, 2.45) is 0 Å². The molecule has 1 aromatic rings. The molecule has 1 fully saturated rings. The van der Waals surface area contributed by atoms with Crippen molar-refractivity contribution in [1.82, 2.24) is 4.90 Å². The Bertz CT molecular complexity index is 461. The molecule has 0 aromatic heterocycles. The predicted octanol–water partition coefficient (Wildman–Crippen LogP) is 3.24. The fourth-order valence-corrected chi connectivity index (χ4v) is 2.96. The number of nitrogens with zero attached hydrogens (tertiary/aromatic N) is 1. The van der Waals surface area contributed by atoms with E-state index in [1.165, 1.54) is 23.1 Å². The van der Waals surface area contributed by atoms with Gasteiger partial charge in [0.1, 0.15) is 0 Å². The van der Waals surface area contributed by atoms with Crippen LogP contribution in [-0.4, -0.2) is 28.5 Å². The van der Waals surface area contributed by atoms with Crippen molar-refractivity contribution in [3.05, 3.63) is 35.4 Å². The minimum absolute atomic E-state index is 0.0706. The zero-order valence-electron chi connectivity index (χ0n) is 9.70. The van der Waals surface area contributed by atoms with E-state index in [-0.39, 0.29) is 10.9 Å². The van der Waals surface area contributed by atoms with Crippen molar-refractivity contribution >= 4 is 17.7 Å². The van der Waals surface area contributed by atoms with Gasteiger partial charge >= 0.3 is 6.18 Å². The third kappa shape index (κ3) is 2.48. The van der Waals surface area contributed by atoms with Crippen LogP contribution in [0.15, 0.2) is 24.3 Å². The minimum Gasteiger partial charge on any atom is -0.326 e. The van der Waals surface area contributed by atoms with Crippen LogP contribution in [0.1, 0.15) is 22.8 Å². The molecular weight excluding hydrogens is 263 g/mol. The van der Waals surface area contributed by atoms with E-state index in [1.54, 1.807) is 11.8 Å². The summed E-state index contributed by atoms with van der Waals surface area (Å²) >= 11 is 1.57. The van der Waals surface area contributed by atoms with E-state index < -0.39 is 17.6 Å². The maximum atomic E-state index is 12.8. The van der Waals surface area contributed by atoms with Gasteiger partial charge in [-0.15, -0.1) is 11.8 Å². The highest BCUT2D eigenvalue weighted by molar-refractivity contribution is 8.00. The smallest absolute Gasteiger partial charge is 0.326 e. The lowest BCUT2D eigenvalue weighted by molar-refractivity contribution is -0.138. The van der Waals surface area contributed by atoms with Gasteiger partial charge in [-0.3, -0.25) is 4.79 Å². The molecule has 2 nitrogen and oxygen atoms in total. The van der Waals surface area contributed by atoms with E-state index in [0.29, 0.717) is 6.54 Å². The third-order valence-corrected chi connectivity index (χ3v) is 4.01. The highest BCUT2D eigenvalue weighted by Gasteiger charge is 2.37. The highest BCUT2D eigenvalue weighted by Crippen LogP contribution is 2.34. The van der Waals surface area contributed by atoms with Crippen molar-refractivity contribution in [2.75, 3.05) is 12.3 Å². The Morgan fingerprint density at radius 2 is 2.06 bits per heavy atom. The van der Waals surface area contributed by atoms with Crippen LogP contribution in [0.3, 0.4) is 0 Å². The highest BCUT2D eigenvalue weighted by atomic mass is 32.2. The summed E-state index contributed by atoms with van der Waals surface area (Å²) in [4.78, 5) is 13.6. The summed E-state index contributed by atoms with van der Waals surface area (Å²) in [6.07, 6.45) is -4.50. The Kier molecular flexibility index (Phi) is 3.56.